The Labute approximate surface area is 94.7 Å². The number of benzene rings is 1. The molecular formula is C13H15N2O+. The van der Waals surface area contributed by atoms with Crippen LogP contribution in [-0.4, -0.2) is 26.3 Å². The standard InChI is InChI=1S/C13H14N2O/c1-2-4-12-11(3-1)5-6-13(14-12)15-7-9-16-10-8-15/h1-6H,7-10H2/p+1. The van der Waals surface area contributed by atoms with E-state index in [1.54, 1.807) is 0 Å². The van der Waals surface area contributed by atoms with E-state index < -0.39 is 0 Å². The molecular weight excluding hydrogens is 200 g/mol. The van der Waals surface area contributed by atoms with E-state index in [-0.39, 0.29) is 0 Å². The monoisotopic (exact) mass is 215 g/mol. The van der Waals surface area contributed by atoms with Gasteiger partial charge in [0.05, 0.1) is 13.2 Å². The molecule has 16 heavy (non-hydrogen) atoms. The minimum Gasteiger partial charge on any atom is -0.373 e. The number of hydrogen-bond donors (Lipinski definition) is 0. The first-order valence-corrected chi connectivity index (χ1v) is 5.67. The molecule has 0 atom stereocenters. The van der Waals surface area contributed by atoms with Crippen molar-refractivity contribution in [2.45, 2.75) is 0 Å². The van der Waals surface area contributed by atoms with Gasteiger partial charge in [0, 0.05) is 11.5 Å². The number of para-hydroxylation sites is 1. The van der Waals surface area contributed by atoms with E-state index in [9.17, 15) is 0 Å². The van der Waals surface area contributed by atoms with Gasteiger partial charge in [0.15, 0.2) is 0 Å². The molecule has 1 aliphatic heterocycles. The van der Waals surface area contributed by atoms with Gasteiger partial charge in [0.2, 0.25) is 0 Å². The van der Waals surface area contributed by atoms with Crippen molar-refractivity contribution in [3.8, 4) is 0 Å². The van der Waals surface area contributed by atoms with Gasteiger partial charge >= 0.3 is 0 Å². The molecule has 1 N–H and O–H groups in total. The Morgan fingerprint density at radius 3 is 2.69 bits per heavy atom. The van der Waals surface area contributed by atoms with Crippen LogP contribution in [0.4, 0.5) is 5.82 Å². The zero-order valence-electron chi connectivity index (χ0n) is 9.15. The van der Waals surface area contributed by atoms with E-state index in [0.29, 0.717) is 0 Å². The summed E-state index contributed by atoms with van der Waals surface area (Å²) in [5, 5.41) is 1.25. The molecule has 3 heteroatoms. The number of pyridine rings is 1. The van der Waals surface area contributed by atoms with Crippen LogP contribution >= 0.6 is 0 Å². The van der Waals surface area contributed by atoms with Gasteiger partial charge in [-0.2, -0.15) is 0 Å². The molecule has 3 rings (SSSR count). The molecule has 1 fully saturated rings. The third kappa shape index (κ3) is 1.74. The predicted octanol–water partition coefficient (Wildman–Crippen LogP) is 1.49. The Morgan fingerprint density at radius 2 is 1.81 bits per heavy atom. The van der Waals surface area contributed by atoms with Crippen molar-refractivity contribution in [1.29, 1.82) is 0 Å². The van der Waals surface area contributed by atoms with Crippen molar-refractivity contribution >= 4 is 16.7 Å². The second-order valence-electron chi connectivity index (χ2n) is 4.03. The number of nitrogens with one attached hydrogen (secondary N) is 1. The molecule has 2 heterocycles. The first-order valence-electron chi connectivity index (χ1n) is 5.67. The van der Waals surface area contributed by atoms with Gasteiger partial charge in [0.25, 0.3) is 5.82 Å². The maximum Gasteiger partial charge on any atom is 0.274 e. The Morgan fingerprint density at radius 1 is 1.00 bits per heavy atom. The Hall–Kier alpha value is -1.61. The highest BCUT2D eigenvalue weighted by molar-refractivity contribution is 5.76. The quantitative estimate of drug-likeness (QED) is 0.720. The van der Waals surface area contributed by atoms with Crippen LogP contribution in [0.25, 0.3) is 10.9 Å². The van der Waals surface area contributed by atoms with Crippen LogP contribution in [-0.2, 0) is 4.74 Å². The SMILES string of the molecule is c1ccc2[nH+]c(N3CCOCC3)ccc2c1. The minimum atomic E-state index is 0.820. The minimum absolute atomic E-state index is 0.820. The first-order chi connectivity index (χ1) is 7.93. The van der Waals surface area contributed by atoms with Gasteiger partial charge in [-0.05, 0) is 12.1 Å². The molecule has 0 spiro atoms. The molecule has 1 saturated heterocycles. The van der Waals surface area contributed by atoms with Crippen molar-refractivity contribution in [3.63, 3.8) is 0 Å². The number of fused-ring (bicyclic) bond motifs is 1. The molecule has 1 aromatic heterocycles. The maximum absolute atomic E-state index is 5.35. The van der Waals surface area contributed by atoms with E-state index >= 15 is 0 Å². The highest BCUT2D eigenvalue weighted by Crippen LogP contribution is 2.14. The van der Waals surface area contributed by atoms with E-state index in [1.165, 1.54) is 16.7 Å². The van der Waals surface area contributed by atoms with Gasteiger partial charge in [-0.1, -0.05) is 18.2 Å². The molecule has 0 bridgehead atoms. The zero-order chi connectivity index (χ0) is 10.8. The normalized spacial score (nSPS) is 16.6. The molecule has 0 unspecified atom stereocenters. The van der Waals surface area contributed by atoms with Crippen LogP contribution in [0.15, 0.2) is 36.4 Å². The van der Waals surface area contributed by atoms with Gasteiger partial charge < -0.3 is 4.74 Å². The second-order valence-corrected chi connectivity index (χ2v) is 4.03. The highest BCUT2D eigenvalue weighted by Gasteiger charge is 2.18. The molecule has 82 valence electrons. The van der Waals surface area contributed by atoms with Gasteiger partial charge in [-0.3, -0.25) is 4.90 Å². The predicted molar refractivity (Wildman–Crippen MR) is 63.5 cm³/mol. The lowest BCUT2D eigenvalue weighted by Crippen LogP contribution is -2.39. The van der Waals surface area contributed by atoms with E-state index in [1.807, 2.05) is 0 Å². The number of rotatable bonds is 1. The second kappa shape index (κ2) is 4.10. The summed E-state index contributed by atoms with van der Waals surface area (Å²) in [4.78, 5) is 5.80. The van der Waals surface area contributed by atoms with Gasteiger partial charge in [0.1, 0.15) is 18.6 Å². The molecule has 2 aromatic rings. The lowest BCUT2D eigenvalue weighted by atomic mass is 10.2. The topological polar surface area (TPSA) is 26.6 Å². The third-order valence-corrected chi connectivity index (χ3v) is 3.00. The van der Waals surface area contributed by atoms with E-state index in [0.717, 1.165) is 26.3 Å². The van der Waals surface area contributed by atoms with Crippen molar-refractivity contribution in [2.24, 2.45) is 0 Å². The van der Waals surface area contributed by atoms with Gasteiger partial charge in [-0.25, -0.2) is 4.98 Å². The number of aromatic amines is 1. The summed E-state index contributed by atoms with van der Waals surface area (Å²) >= 11 is 0. The van der Waals surface area contributed by atoms with Crippen molar-refractivity contribution in [1.82, 2.24) is 0 Å². The summed E-state index contributed by atoms with van der Waals surface area (Å²) in [5.41, 5.74) is 1.19. The maximum atomic E-state index is 5.35. The number of hydrogen-bond acceptors (Lipinski definition) is 2. The molecule has 1 aliphatic rings. The number of H-pyrrole nitrogens is 1. The fourth-order valence-corrected chi connectivity index (χ4v) is 2.09. The number of morpholine rings is 1. The number of nitrogens with zero attached hydrogens (tertiary/aromatic N) is 1. The largest absolute Gasteiger partial charge is 0.373 e. The van der Waals surface area contributed by atoms with Crippen LogP contribution in [0.3, 0.4) is 0 Å². The summed E-state index contributed by atoms with van der Waals surface area (Å²) in [5.74, 6) is 1.18. The third-order valence-electron chi connectivity index (χ3n) is 3.00. The van der Waals surface area contributed by atoms with Crippen molar-refractivity contribution in [2.75, 3.05) is 31.2 Å². The summed E-state index contributed by atoms with van der Waals surface area (Å²) in [6, 6.07) is 12.7. The number of aromatic nitrogens is 1. The zero-order valence-corrected chi connectivity index (χ0v) is 9.15. The Balaban J connectivity index is 1.97. The summed E-state index contributed by atoms with van der Waals surface area (Å²) in [6.45, 7) is 3.57. The molecule has 0 amide bonds. The lowest BCUT2D eigenvalue weighted by Gasteiger charge is -2.21. The highest BCUT2D eigenvalue weighted by atomic mass is 16.5. The molecule has 0 aliphatic carbocycles. The number of anilines is 1. The van der Waals surface area contributed by atoms with Crippen LogP contribution in [0.2, 0.25) is 0 Å². The average Bonchev–Trinajstić information content (AvgIpc) is 2.39. The molecule has 1 aromatic carbocycles. The summed E-state index contributed by atoms with van der Waals surface area (Å²) in [7, 11) is 0. The van der Waals surface area contributed by atoms with Crippen LogP contribution in [0.5, 0.6) is 0 Å². The van der Waals surface area contributed by atoms with Crippen molar-refractivity contribution in [3.05, 3.63) is 36.4 Å². The fourth-order valence-electron chi connectivity index (χ4n) is 2.09. The molecule has 3 nitrogen and oxygen atoms in total. The average molecular weight is 215 g/mol. The molecule has 0 saturated carbocycles. The number of ether oxygens (including phenoxy) is 1. The van der Waals surface area contributed by atoms with Crippen molar-refractivity contribution < 1.29 is 9.72 Å². The van der Waals surface area contributed by atoms with E-state index in [4.69, 9.17) is 4.74 Å². The van der Waals surface area contributed by atoms with Crippen LogP contribution < -0.4 is 9.88 Å². The van der Waals surface area contributed by atoms with Crippen LogP contribution in [0, 0.1) is 0 Å². The lowest BCUT2D eigenvalue weighted by molar-refractivity contribution is -0.331. The van der Waals surface area contributed by atoms with Gasteiger partial charge in [-0.15, -0.1) is 0 Å². The fraction of sp³-hybridized carbons (Fsp3) is 0.308. The Bertz CT molecular complexity index is 492. The molecule has 0 radical (unpaired) electrons. The first kappa shape index (κ1) is 9.60. The summed E-state index contributed by atoms with van der Waals surface area (Å²) < 4.78 is 5.35. The summed E-state index contributed by atoms with van der Waals surface area (Å²) in [6.07, 6.45) is 0. The van der Waals surface area contributed by atoms with E-state index in [2.05, 4.69) is 46.3 Å². The van der Waals surface area contributed by atoms with Crippen LogP contribution in [0.1, 0.15) is 0 Å². The Kier molecular flexibility index (Phi) is 2.46. The smallest absolute Gasteiger partial charge is 0.274 e.